The van der Waals surface area contributed by atoms with Crippen molar-refractivity contribution < 1.29 is 31.1 Å². The van der Waals surface area contributed by atoms with Crippen LogP contribution in [0, 0.1) is 17.5 Å². The number of esters is 1. The van der Waals surface area contributed by atoms with Crippen LogP contribution >= 0.6 is 0 Å². The van der Waals surface area contributed by atoms with Crippen LogP contribution in [-0.2, 0) is 14.8 Å². The molecule has 23 heavy (non-hydrogen) atoms. The number of nitrogens with one attached hydrogen (secondary N) is 1. The van der Waals surface area contributed by atoms with Crippen LogP contribution in [0.15, 0.2) is 41.3 Å². The van der Waals surface area contributed by atoms with Crippen LogP contribution in [0.1, 0.15) is 10.4 Å². The third kappa shape index (κ3) is 3.62. The topological polar surface area (TPSA) is 72.5 Å². The number of rotatable bonds is 4. The molecule has 9 heteroatoms. The van der Waals surface area contributed by atoms with E-state index >= 15 is 0 Å². The quantitative estimate of drug-likeness (QED) is 0.865. The number of methoxy groups -OCH3 is 1. The minimum Gasteiger partial charge on any atom is -0.465 e. The van der Waals surface area contributed by atoms with Gasteiger partial charge in [0.05, 0.1) is 17.6 Å². The normalized spacial score (nSPS) is 11.1. The molecule has 0 amide bonds. The number of ether oxygens (including phenoxy) is 1. The van der Waals surface area contributed by atoms with Crippen molar-refractivity contribution in [3.8, 4) is 0 Å². The largest absolute Gasteiger partial charge is 0.465 e. The van der Waals surface area contributed by atoms with Crippen LogP contribution in [0.5, 0.6) is 0 Å². The second-order valence-corrected chi connectivity index (χ2v) is 6.05. The first-order valence-electron chi connectivity index (χ1n) is 6.10. The van der Waals surface area contributed by atoms with Gasteiger partial charge in [0.2, 0.25) is 0 Å². The maximum absolute atomic E-state index is 13.5. The summed E-state index contributed by atoms with van der Waals surface area (Å²) in [6, 6.07) is 5.18. The molecule has 0 aliphatic carbocycles. The molecule has 5 nitrogen and oxygen atoms in total. The zero-order valence-corrected chi connectivity index (χ0v) is 12.5. The standard InChI is InChI=1S/C14H10F3NO4S/c1-22-14(19)8-2-4-10(5-3-8)23(20,21)18-13-11(16)6-9(15)7-12(13)17/h2-7,18H,1H3. The van der Waals surface area contributed by atoms with Gasteiger partial charge in [-0.05, 0) is 24.3 Å². The van der Waals surface area contributed by atoms with E-state index in [1.165, 1.54) is 12.1 Å². The lowest BCUT2D eigenvalue weighted by molar-refractivity contribution is 0.0600. The number of benzene rings is 2. The third-order valence-corrected chi connectivity index (χ3v) is 4.19. The van der Waals surface area contributed by atoms with Crippen LogP contribution < -0.4 is 4.72 Å². The highest BCUT2D eigenvalue weighted by Gasteiger charge is 2.20. The fourth-order valence-electron chi connectivity index (χ4n) is 1.72. The molecule has 0 saturated heterocycles. The van der Waals surface area contributed by atoms with Gasteiger partial charge in [-0.3, -0.25) is 4.72 Å². The van der Waals surface area contributed by atoms with E-state index in [0.29, 0.717) is 12.1 Å². The summed E-state index contributed by atoms with van der Waals surface area (Å²) in [4.78, 5) is 10.9. The van der Waals surface area contributed by atoms with Crippen molar-refractivity contribution in [3.05, 3.63) is 59.4 Å². The minimum atomic E-state index is -4.32. The SMILES string of the molecule is COC(=O)c1ccc(S(=O)(=O)Nc2c(F)cc(F)cc2F)cc1. The lowest BCUT2D eigenvalue weighted by Crippen LogP contribution is -2.15. The van der Waals surface area contributed by atoms with Gasteiger partial charge in [0, 0.05) is 12.1 Å². The summed E-state index contributed by atoms with van der Waals surface area (Å²) < 4.78 is 70.2. The predicted molar refractivity (Wildman–Crippen MR) is 74.9 cm³/mol. The van der Waals surface area contributed by atoms with E-state index in [1.54, 1.807) is 4.72 Å². The van der Waals surface area contributed by atoms with Crippen molar-refractivity contribution in [1.82, 2.24) is 0 Å². The Balaban J connectivity index is 2.34. The van der Waals surface area contributed by atoms with E-state index < -0.39 is 39.1 Å². The summed E-state index contributed by atoms with van der Waals surface area (Å²) in [5.41, 5.74) is -0.894. The Labute approximate surface area is 129 Å². The minimum absolute atomic E-state index is 0.102. The summed E-state index contributed by atoms with van der Waals surface area (Å²) in [5, 5.41) is 0. The maximum atomic E-state index is 13.5. The molecule has 0 fully saturated rings. The van der Waals surface area contributed by atoms with Crippen molar-refractivity contribution in [3.63, 3.8) is 0 Å². The van der Waals surface area contributed by atoms with Crippen LogP contribution in [0.3, 0.4) is 0 Å². The molecular formula is C14H10F3NO4S. The van der Waals surface area contributed by atoms with Gasteiger partial charge in [-0.1, -0.05) is 0 Å². The average Bonchev–Trinajstić information content (AvgIpc) is 2.50. The van der Waals surface area contributed by atoms with E-state index in [4.69, 9.17) is 0 Å². The molecule has 0 bridgehead atoms. The summed E-state index contributed by atoms with van der Waals surface area (Å²) >= 11 is 0. The highest BCUT2D eigenvalue weighted by atomic mass is 32.2. The molecule has 2 rings (SSSR count). The Morgan fingerprint density at radius 2 is 1.57 bits per heavy atom. The average molecular weight is 345 g/mol. The monoisotopic (exact) mass is 345 g/mol. The number of hydrogen-bond acceptors (Lipinski definition) is 4. The molecule has 0 unspecified atom stereocenters. The lowest BCUT2D eigenvalue weighted by atomic mass is 10.2. The molecular weight excluding hydrogens is 335 g/mol. The number of hydrogen-bond donors (Lipinski definition) is 1. The summed E-state index contributed by atoms with van der Waals surface area (Å²) in [5.74, 6) is -4.63. The fraction of sp³-hybridized carbons (Fsp3) is 0.0714. The molecule has 1 N–H and O–H groups in total. The molecule has 0 spiro atoms. The van der Waals surface area contributed by atoms with Crippen molar-refractivity contribution >= 4 is 21.7 Å². The number of anilines is 1. The second kappa shape index (κ2) is 6.29. The van der Waals surface area contributed by atoms with E-state index in [1.807, 2.05) is 0 Å². The Morgan fingerprint density at radius 1 is 1.04 bits per heavy atom. The summed E-state index contributed by atoms with van der Waals surface area (Å²) in [6.07, 6.45) is 0. The molecule has 122 valence electrons. The van der Waals surface area contributed by atoms with Crippen molar-refractivity contribution in [1.29, 1.82) is 0 Å². The molecule has 0 aromatic heterocycles. The van der Waals surface area contributed by atoms with Crippen LogP contribution in [-0.4, -0.2) is 21.5 Å². The number of carbonyl (C=O) groups is 1. The zero-order valence-electron chi connectivity index (χ0n) is 11.6. The van der Waals surface area contributed by atoms with Gasteiger partial charge in [0.1, 0.15) is 11.5 Å². The van der Waals surface area contributed by atoms with E-state index in [2.05, 4.69) is 4.74 Å². The van der Waals surface area contributed by atoms with Gasteiger partial charge in [0.15, 0.2) is 11.6 Å². The number of halogens is 3. The van der Waals surface area contributed by atoms with Gasteiger partial charge in [0.25, 0.3) is 10.0 Å². The van der Waals surface area contributed by atoms with Gasteiger partial charge in [-0.25, -0.2) is 26.4 Å². The highest BCUT2D eigenvalue weighted by molar-refractivity contribution is 7.92. The third-order valence-electron chi connectivity index (χ3n) is 2.83. The first-order valence-corrected chi connectivity index (χ1v) is 7.58. The molecule has 0 aliphatic heterocycles. The molecule has 0 atom stereocenters. The molecule has 2 aromatic rings. The Morgan fingerprint density at radius 3 is 2.04 bits per heavy atom. The molecule has 0 aliphatic rings. The zero-order chi connectivity index (χ0) is 17.2. The Kier molecular flexibility index (Phi) is 4.60. The lowest BCUT2D eigenvalue weighted by Gasteiger charge is -2.10. The van der Waals surface area contributed by atoms with E-state index in [0.717, 1.165) is 19.2 Å². The second-order valence-electron chi connectivity index (χ2n) is 4.37. The molecule has 0 saturated carbocycles. The Bertz CT molecular complexity index is 828. The number of carbonyl (C=O) groups excluding carboxylic acids is 1. The van der Waals surface area contributed by atoms with Crippen LogP contribution in [0.4, 0.5) is 18.9 Å². The molecule has 0 heterocycles. The summed E-state index contributed by atoms with van der Waals surface area (Å²) in [7, 11) is -3.16. The predicted octanol–water partition coefficient (Wildman–Crippen LogP) is 2.69. The van der Waals surface area contributed by atoms with Crippen molar-refractivity contribution in [2.45, 2.75) is 4.90 Å². The molecule has 0 radical (unpaired) electrons. The maximum Gasteiger partial charge on any atom is 0.337 e. The van der Waals surface area contributed by atoms with Crippen LogP contribution in [0.25, 0.3) is 0 Å². The van der Waals surface area contributed by atoms with Crippen LogP contribution in [0.2, 0.25) is 0 Å². The van der Waals surface area contributed by atoms with Crippen molar-refractivity contribution in [2.24, 2.45) is 0 Å². The highest BCUT2D eigenvalue weighted by Crippen LogP contribution is 2.23. The fourth-order valence-corrected chi connectivity index (χ4v) is 2.80. The number of sulfonamides is 1. The first kappa shape index (κ1) is 16.8. The first-order chi connectivity index (χ1) is 10.7. The van der Waals surface area contributed by atoms with E-state index in [9.17, 15) is 26.4 Å². The van der Waals surface area contributed by atoms with Gasteiger partial charge < -0.3 is 4.74 Å². The Hall–Kier alpha value is -2.55. The van der Waals surface area contributed by atoms with Gasteiger partial charge in [-0.15, -0.1) is 0 Å². The smallest absolute Gasteiger partial charge is 0.337 e. The van der Waals surface area contributed by atoms with E-state index in [-0.39, 0.29) is 10.5 Å². The summed E-state index contributed by atoms with van der Waals surface area (Å²) in [6.45, 7) is 0. The van der Waals surface area contributed by atoms with Gasteiger partial charge in [-0.2, -0.15) is 0 Å². The molecule has 2 aromatic carbocycles. The van der Waals surface area contributed by atoms with Gasteiger partial charge >= 0.3 is 5.97 Å². The van der Waals surface area contributed by atoms with Crippen molar-refractivity contribution in [2.75, 3.05) is 11.8 Å².